The summed E-state index contributed by atoms with van der Waals surface area (Å²) in [5, 5.41) is 0.658. The number of phosphoric acid groups is 1. The average molecular weight is 461 g/mol. The molecule has 0 aliphatic carbocycles. The number of halogens is 1. The first-order chi connectivity index (χ1) is 14.9. The Balaban J connectivity index is 1.59. The predicted octanol–water partition coefficient (Wildman–Crippen LogP) is 4.18. The number of aromatic nitrogens is 3. The quantitative estimate of drug-likeness (QED) is 0.527. The average Bonchev–Trinajstić information content (AvgIpc) is 2.78. The van der Waals surface area contributed by atoms with Crippen molar-refractivity contribution < 1.29 is 18.9 Å². The van der Waals surface area contributed by atoms with E-state index in [-0.39, 0.29) is 12.5 Å². The minimum absolute atomic E-state index is 0.0544. The highest BCUT2D eigenvalue weighted by molar-refractivity contribution is 7.46. The van der Waals surface area contributed by atoms with Crippen molar-refractivity contribution >= 4 is 25.2 Å². The van der Waals surface area contributed by atoms with Crippen molar-refractivity contribution in [2.75, 3.05) is 24.6 Å². The molecule has 31 heavy (non-hydrogen) atoms. The smallest absolute Gasteiger partial charge is 0.356 e. The summed E-state index contributed by atoms with van der Waals surface area (Å²) in [7, 11) is -4.44. The second-order valence-electron chi connectivity index (χ2n) is 7.40. The van der Waals surface area contributed by atoms with Crippen LogP contribution in [0.15, 0.2) is 54.9 Å². The minimum Gasteiger partial charge on any atom is -0.356 e. The molecule has 1 aliphatic rings. The Kier molecular flexibility index (Phi) is 6.65. The molecule has 3 aromatic rings. The van der Waals surface area contributed by atoms with Crippen LogP contribution in [0.25, 0.3) is 22.6 Å². The van der Waals surface area contributed by atoms with Crippen LogP contribution in [0.3, 0.4) is 0 Å². The lowest BCUT2D eigenvalue weighted by atomic mass is 9.98. The van der Waals surface area contributed by atoms with E-state index in [0.717, 1.165) is 35.5 Å². The first-order valence-electron chi connectivity index (χ1n) is 9.88. The molecule has 0 saturated carbocycles. The fourth-order valence-corrected chi connectivity index (χ4v) is 4.05. The van der Waals surface area contributed by atoms with Crippen LogP contribution in [-0.4, -0.2) is 44.4 Å². The molecule has 2 aromatic heterocycles. The molecule has 4 rings (SSSR count). The third-order valence-electron chi connectivity index (χ3n) is 5.19. The zero-order valence-electron chi connectivity index (χ0n) is 16.6. The van der Waals surface area contributed by atoms with Gasteiger partial charge in [0.15, 0.2) is 5.82 Å². The lowest BCUT2D eigenvalue weighted by Gasteiger charge is -2.33. The summed E-state index contributed by atoms with van der Waals surface area (Å²) in [4.78, 5) is 33.7. The number of anilines is 1. The van der Waals surface area contributed by atoms with Gasteiger partial charge in [-0.25, -0.2) is 14.5 Å². The van der Waals surface area contributed by atoms with Gasteiger partial charge >= 0.3 is 7.82 Å². The summed E-state index contributed by atoms with van der Waals surface area (Å²) in [6.45, 7) is 1.47. The topological polar surface area (TPSA) is 109 Å². The second-order valence-corrected chi connectivity index (χ2v) is 9.08. The minimum atomic E-state index is -4.44. The summed E-state index contributed by atoms with van der Waals surface area (Å²) in [6.07, 6.45) is 4.94. The molecule has 0 atom stereocenters. The first-order valence-corrected chi connectivity index (χ1v) is 11.8. The Morgan fingerprint density at radius 3 is 2.48 bits per heavy atom. The van der Waals surface area contributed by atoms with Crippen molar-refractivity contribution in [2.45, 2.75) is 12.8 Å². The van der Waals surface area contributed by atoms with Crippen LogP contribution in [0.1, 0.15) is 12.8 Å². The predicted molar refractivity (Wildman–Crippen MR) is 119 cm³/mol. The zero-order chi connectivity index (χ0) is 21.8. The van der Waals surface area contributed by atoms with Gasteiger partial charge < -0.3 is 14.7 Å². The number of pyridine rings is 1. The van der Waals surface area contributed by atoms with E-state index in [1.165, 1.54) is 0 Å². The van der Waals surface area contributed by atoms with Crippen LogP contribution in [-0.2, 0) is 9.09 Å². The molecule has 1 aliphatic heterocycles. The number of piperidine rings is 1. The zero-order valence-corrected chi connectivity index (χ0v) is 18.3. The largest absolute Gasteiger partial charge is 0.469 e. The molecule has 0 amide bonds. The lowest BCUT2D eigenvalue weighted by Crippen LogP contribution is -2.35. The highest BCUT2D eigenvalue weighted by atomic mass is 35.5. The summed E-state index contributed by atoms with van der Waals surface area (Å²) in [5.41, 5.74) is 2.54. The van der Waals surface area contributed by atoms with Crippen molar-refractivity contribution in [3.63, 3.8) is 0 Å². The van der Waals surface area contributed by atoms with E-state index in [2.05, 4.69) is 14.4 Å². The van der Waals surface area contributed by atoms with Gasteiger partial charge in [0.25, 0.3) is 0 Å². The molecule has 0 unspecified atom stereocenters. The normalized spacial score (nSPS) is 15.3. The Bertz CT molecular complexity index is 1070. The molecular weight excluding hydrogens is 439 g/mol. The lowest BCUT2D eigenvalue weighted by molar-refractivity contribution is 0.156. The van der Waals surface area contributed by atoms with Crippen LogP contribution in [0, 0.1) is 5.92 Å². The Morgan fingerprint density at radius 1 is 1.10 bits per heavy atom. The Hall–Kier alpha value is -2.35. The van der Waals surface area contributed by atoms with E-state index in [0.29, 0.717) is 23.9 Å². The molecule has 0 radical (unpaired) electrons. The third kappa shape index (κ3) is 5.87. The molecule has 1 saturated heterocycles. The molecule has 1 aromatic carbocycles. The molecule has 162 valence electrons. The summed E-state index contributed by atoms with van der Waals surface area (Å²) in [6, 6.07) is 13.2. The van der Waals surface area contributed by atoms with Crippen molar-refractivity contribution in [1.29, 1.82) is 0 Å². The maximum atomic E-state index is 11.0. The molecule has 0 spiro atoms. The SMILES string of the molecule is O=P(O)(O)OCC1CCN(c2cc(-c3ccc(Cl)cc3)nc(-c3cccnc3)n2)CC1. The van der Waals surface area contributed by atoms with E-state index in [1.807, 2.05) is 42.5 Å². The van der Waals surface area contributed by atoms with Crippen LogP contribution >= 0.6 is 19.4 Å². The number of hydrogen-bond donors (Lipinski definition) is 2. The van der Waals surface area contributed by atoms with E-state index in [9.17, 15) is 4.57 Å². The van der Waals surface area contributed by atoms with Gasteiger partial charge in [-0.05, 0) is 43.0 Å². The van der Waals surface area contributed by atoms with Gasteiger partial charge in [-0.15, -0.1) is 0 Å². The van der Waals surface area contributed by atoms with Crippen LogP contribution in [0.5, 0.6) is 0 Å². The van der Waals surface area contributed by atoms with Crippen molar-refractivity contribution in [2.24, 2.45) is 5.92 Å². The maximum Gasteiger partial charge on any atom is 0.469 e. The van der Waals surface area contributed by atoms with Gasteiger partial charge in [0.1, 0.15) is 5.82 Å². The van der Waals surface area contributed by atoms with Gasteiger partial charge in [-0.2, -0.15) is 0 Å². The maximum absolute atomic E-state index is 11.0. The first kappa shape index (κ1) is 21.9. The number of nitrogens with zero attached hydrogens (tertiary/aromatic N) is 4. The van der Waals surface area contributed by atoms with E-state index >= 15 is 0 Å². The monoisotopic (exact) mass is 460 g/mol. The number of hydrogen-bond acceptors (Lipinski definition) is 6. The number of rotatable bonds is 6. The van der Waals surface area contributed by atoms with Crippen molar-refractivity contribution in [3.05, 3.63) is 59.9 Å². The summed E-state index contributed by atoms with van der Waals surface area (Å²) in [5.74, 6) is 1.48. The highest BCUT2D eigenvalue weighted by Gasteiger charge is 2.24. The van der Waals surface area contributed by atoms with Gasteiger partial charge in [0, 0.05) is 47.7 Å². The molecule has 8 nitrogen and oxygen atoms in total. The van der Waals surface area contributed by atoms with Crippen LogP contribution in [0.4, 0.5) is 5.82 Å². The van der Waals surface area contributed by atoms with Gasteiger partial charge in [0.2, 0.25) is 0 Å². The van der Waals surface area contributed by atoms with E-state index < -0.39 is 7.82 Å². The fourth-order valence-electron chi connectivity index (χ4n) is 3.52. The van der Waals surface area contributed by atoms with E-state index in [1.54, 1.807) is 12.4 Å². The van der Waals surface area contributed by atoms with Gasteiger partial charge in [0.05, 0.1) is 12.3 Å². The molecule has 10 heteroatoms. The van der Waals surface area contributed by atoms with E-state index in [4.69, 9.17) is 31.4 Å². The molecule has 1 fully saturated rings. The molecule has 2 N–H and O–H groups in total. The fraction of sp³-hybridized carbons (Fsp3) is 0.286. The second kappa shape index (κ2) is 9.42. The van der Waals surface area contributed by atoms with Crippen LogP contribution < -0.4 is 4.90 Å². The molecule has 0 bridgehead atoms. The van der Waals surface area contributed by atoms with Crippen LogP contribution in [0.2, 0.25) is 5.02 Å². The highest BCUT2D eigenvalue weighted by Crippen LogP contribution is 2.37. The third-order valence-corrected chi connectivity index (χ3v) is 5.93. The Labute approximate surface area is 185 Å². The number of phosphoric ester groups is 1. The summed E-state index contributed by atoms with van der Waals surface area (Å²) < 4.78 is 15.6. The molecule has 3 heterocycles. The number of benzene rings is 1. The summed E-state index contributed by atoms with van der Waals surface area (Å²) >= 11 is 6.04. The Morgan fingerprint density at radius 2 is 1.84 bits per heavy atom. The van der Waals surface area contributed by atoms with Gasteiger partial charge in [-0.3, -0.25) is 9.51 Å². The van der Waals surface area contributed by atoms with Crippen molar-refractivity contribution in [1.82, 2.24) is 15.0 Å². The van der Waals surface area contributed by atoms with Crippen molar-refractivity contribution in [3.8, 4) is 22.6 Å². The molecular formula is C21H22ClN4O4P. The van der Waals surface area contributed by atoms with Gasteiger partial charge in [-0.1, -0.05) is 23.7 Å². The standard InChI is InChI=1S/C21H22ClN4O4P/c22-18-5-3-16(4-6-18)19-12-20(25-21(24-19)17-2-1-9-23-13-17)26-10-7-15(8-11-26)14-30-31(27,28)29/h1-6,9,12-13,15H,7-8,10-11,14H2,(H2,27,28,29).